The normalized spacial score (nSPS) is 10.2. The first-order valence-corrected chi connectivity index (χ1v) is 7.77. The molecular formula is C16H16BrClN2O. The molecule has 21 heavy (non-hydrogen) atoms. The topological polar surface area (TPSA) is 41.1 Å². The van der Waals surface area contributed by atoms with Crippen molar-refractivity contribution in [1.82, 2.24) is 0 Å². The van der Waals surface area contributed by atoms with Crippen LogP contribution >= 0.6 is 27.5 Å². The maximum absolute atomic E-state index is 11.9. The van der Waals surface area contributed by atoms with Gasteiger partial charge in [-0.3, -0.25) is 4.79 Å². The molecule has 1 amide bonds. The minimum atomic E-state index is -0.0268. The first-order chi connectivity index (χ1) is 10.0. The van der Waals surface area contributed by atoms with Gasteiger partial charge in [-0.15, -0.1) is 0 Å². The Kier molecular flexibility index (Phi) is 5.65. The average molecular weight is 368 g/mol. The van der Waals surface area contributed by atoms with Crippen molar-refractivity contribution in [2.75, 3.05) is 17.2 Å². The van der Waals surface area contributed by atoms with Crippen molar-refractivity contribution < 1.29 is 4.79 Å². The Balaban J connectivity index is 1.81. The maximum atomic E-state index is 11.9. The van der Waals surface area contributed by atoms with Gasteiger partial charge in [0.2, 0.25) is 5.91 Å². The number of hydrogen-bond donors (Lipinski definition) is 2. The lowest BCUT2D eigenvalue weighted by molar-refractivity contribution is -0.115. The average Bonchev–Trinajstić information content (AvgIpc) is 2.44. The van der Waals surface area contributed by atoms with Crippen LogP contribution in [0.25, 0.3) is 0 Å². The Morgan fingerprint density at radius 2 is 1.90 bits per heavy atom. The summed E-state index contributed by atoms with van der Waals surface area (Å²) in [5, 5.41) is 6.76. The first-order valence-electron chi connectivity index (χ1n) is 6.60. The van der Waals surface area contributed by atoms with Gasteiger partial charge >= 0.3 is 0 Å². The lowest BCUT2D eigenvalue weighted by Gasteiger charge is -2.09. The number of halogens is 2. The van der Waals surface area contributed by atoms with E-state index in [1.54, 1.807) is 0 Å². The molecule has 0 heterocycles. The van der Waals surface area contributed by atoms with Gasteiger partial charge in [-0.1, -0.05) is 17.7 Å². The van der Waals surface area contributed by atoms with Gasteiger partial charge in [0, 0.05) is 28.1 Å². The second-order valence-electron chi connectivity index (χ2n) is 4.72. The molecule has 0 radical (unpaired) electrons. The molecule has 2 aromatic rings. The molecule has 110 valence electrons. The quantitative estimate of drug-likeness (QED) is 0.793. The summed E-state index contributed by atoms with van der Waals surface area (Å²) in [6.45, 7) is 2.57. The molecular weight excluding hydrogens is 352 g/mol. The fourth-order valence-electron chi connectivity index (χ4n) is 1.82. The van der Waals surface area contributed by atoms with Crippen LogP contribution in [0.3, 0.4) is 0 Å². The van der Waals surface area contributed by atoms with Crippen molar-refractivity contribution in [2.24, 2.45) is 0 Å². The SMILES string of the molecule is Cc1ccc(NC(=O)CCNc2ccc(Cl)cc2)c(Br)c1. The van der Waals surface area contributed by atoms with Crippen LogP contribution in [0.1, 0.15) is 12.0 Å². The number of benzene rings is 2. The number of carbonyl (C=O) groups is 1. The fourth-order valence-corrected chi connectivity index (χ4v) is 2.54. The van der Waals surface area contributed by atoms with E-state index in [1.165, 1.54) is 0 Å². The van der Waals surface area contributed by atoms with Crippen molar-refractivity contribution in [1.29, 1.82) is 0 Å². The Labute approximate surface area is 137 Å². The van der Waals surface area contributed by atoms with E-state index in [-0.39, 0.29) is 5.91 Å². The number of aryl methyl sites for hydroxylation is 1. The molecule has 2 rings (SSSR count). The monoisotopic (exact) mass is 366 g/mol. The third-order valence-electron chi connectivity index (χ3n) is 2.92. The zero-order chi connectivity index (χ0) is 15.2. The minimum Gasteiger partial charge on any atom is -0.385 e. The van der Waals surface area contributed by atoms with Crippen LogP contribution in [0.4, 0.5) is 11.4 Å². The molecule has 0 bridgehead atoms. The van der Waals surface area contributed by atoms with Gasteiger partial charge in [-0.25, -0.2) is 0 Å². The lowest BCUT2D eigenvalue weighted by Crippen LogP contribution is -2.16. The smallest absolute Gasteiger partial charge is 0.226 e. The highest BCUT2D eigenvalue weighted by Crippen LogP contribution is 2.23. The first kappa shape index (κ1) is 15.9. The van der Waals surface area contributed by atoms with E-state index in [0.717, 1.165) is 21.4 Å². The van der Waals surface area contributed by atoms with Crippen LogP contribution in [0, 0.1) is 6.92 Å². The third-order valence-corrected chi connectivity index (χ3v) is 3.83. The molecule has 0 saturated carbocycles. The highest BCUT2D eigenvalue weighted by Gasteiger charge is 2.05. The second-order valence-corrected chi connectivity index (χ2v) is 6.01. The van der Waals surface area contributed by atoms with Crippen LogP contribution in [0.2, 0.25) is 5.02 Å². The van der Waals surface area contributed by atoms with Crippen LogP contribution in [0.5, 0.6) is 0 Å². The van der Waals surface area contributed by atoms with Crippen LogP contribution < -0.4 is 10.6 Å². The summed E-state index contributed by atoms with van der Waals surface area (Å²) < 4.78 is 0.890. The Hall–Kier alpha value is -1.52. The number of hydrogen-bond acceptors (Lipinski definition) is 2. The van der Waals surface area contributed by atoms with E-state index in [4.69, 9.17) is 11.6 Å². The molecule has 0 aliphatic heterocycles. The number of rotatable bonds is 5. The van der Waals surface area contributed by atoms with E-state index in [9.17, 15) is 4.79 Å². The summed E-state index contributed by atoms with van der Waals surface area (Å²) in [6, 6.07) is 13.2. The largest absolute Gasteiger partial charge is 0.385 e. The number of amides is 1. The van der Waals surface area contributed by atoms with E-state index < -0.39 is 0 Å². The lowest BCUT2D eigenvalue weighted by atomic mass is 10.2. The summed E-state index contributed by atoms with van der Waals surface area (Å²) in [4.78, 5) is 11.9. The van der Waals surface area contributed by atoms with E-state index in [0.29, 0.717) is 18.0 Å². The summed E-state index contributed by atoms with van der Waals surface area (Å²) in [6.07, 6.45) is 0.392. The molecule has 2 aromatic carbocycles. The molecule has 0 aromatic heterocycles. The van der Waals surface area contributed by atoms with Crippen molar-refractivity contribution >= 4 is 44.8 Å². The van der Waals surface area contributed by atoms with E-state index in [1.807, 2.05) is 49.4 Å². The van der Waals surface area contributed by atoms with E-state index >= 15 is 0 Å². The zero-order valence-corrected chi connectivity index (χ0v) is 14.0. The minimum absolute atomic E-state index is 0.0268. The summed E-state index contributed by atoms with van der Waals surface area (Å²) in [5.74, 6) is -0.0268. The Morgan fingerprint density at radius 1 is 1.19 bits per heavy atom. The van der Waals surface area contributed by atoms with Gasteiger partial charge in [0.25, 0.3) is 0 Å². The van der Waals surface area contributed by atoms with Gasteiger partial charge in [-0.05, 0) is 64.8 Å². The van der Waals surface area contributed by atoms with Gasteiger partial charge in [0.15, 0.2) is 0 Å². The number of carbonyl (C=O) groups excluding carboxylic acids is 1. The molecule has 0 spiro atoms. The molecule has 2 N–H and O–H groups in total. The summed E-state index contributed by atoms with van der Waals surface area (Å²) >= 11 is 9.26. The van der Waals surface area contributed by atoms with Crippen molar-refractivity contribution in [3.8, 4) is 0 Å². The molecule has 0 fully saturated rings. The van der Waals surface area contributed by atoms with Gasteiger partial charge < -0.3 is 10.6 Å². The molecule has 0 atom stereocenters. The van der Waals surface area contributed by atoms with Crippen molar-refractivity contribution in [3.63, 3.8) is 0 Å². The number of anilines is 2. The highest BCUT2D eigenvalue weighted by molar-refractivity contribution is 9.10. The van der Waals surface area contributed by atoms with Gasteiger partial charge in [0.1, 0.15) is 0 Å². The molecule has 0 unspecified atom stereocenters. The zero-order valence-electron chi connectivity index (χ0n) is 11.6. The Morgan fingerprint density at radius 3 is 2.57 bits per heavy atom. The maximum Gasteiger partial charge on any atom is 0.226 e. The highest BCUT2D eigenvalue weighted by atomic mass is 79.9. The third kappa shape index (κ3) is 5.06. The van der Waals surface area contributed by atoms with Crippen molar-refractivity contribution in [2.45, 2.75) is 13.3 Å². The van der Waals surface area contributed by atoms with Gasteiger partial charge in [0.05, 0.1) is 5.69 Å². The van der Waals surface area contributed by atoms with Gasteiger partial charge in [-0.2, -0.15) is 0 Å². The van der Waals surface area contributed by atoms with Crippen LogP contribution in [-0.2, 0) is 4.79 Å². The molecule has 3 nitrogen and oxygen atoms in total. The summed E-state index contributed by atoms with van der Waals surface area (Å²) in [5.41, 5.74) is 2.88. The molecule has 0 saturated heterocycles. The molecule has 5 heteroatoms. The Bertz CT molecular complexity index is 629. The molecule has 0 aliphatic carbocycles. The van der Waals surface area contributed by atoms with Crippen LogP contribution in [-0.4, -0.2) is 12.5 Å². The predicted molar refractivity (Wildman–Crippen MR) is 92.1 cm³/mol. The second kappa shape index (κ2) is 7.48. The standard InChI is InChI=1S/C16H16BrClN2O/c1-11-2-7-15(14(17)10-11)20-16(21)8-9-19-13-5-3-12(18)4-6-13/h2-7,10,19H,8-9H2,1H3,(H,20,21). The van der Waals surface area contributed by atoms with E-state index in [2.05, 4.69) is 26.6 Å². The van der Waals surface area contributed by atoms with Crippen LogP contribution in [0.15, 0.2) is 46.9 Å². The summed E-state index contributed by atoms with van der Waals surface area (Å²) in [7, 11) is 0. The molecule has 0 aliphatic rings. The predicted octanol–water partition coefficient (Wildman–Crippen LogP) is 4.85. The number of nitrogens with one attached hydrogen (secondary N) is 2. The fraction of sp³-hybridized carbons (Fsp3) is 0.188. The van der Waals surface area contributed by atoms with Crippen molar-refractivity contribution in [3.05, 3.63) is 57.5 Å².